The van der Waals surface area contributed by atoms with Crippen molar-refractivity contribution in [3.63, 3.8) is 0 Å². The molecule has 1 N–H and O–H groups in total. The number of benzene rings is 3. The van der Waals surface area contributed by atoms with E-state index in [0.29, 0.717) is 11.3 Å². The van der Waals surface area contributed by atoms with Crippen LogP contribution in [0.4, 0.5) is 5.69 Å². The zero-order chi connectivity index (χ0) is 21.0. The third kappa shape index (κ3) is 5.05. The summed E-state index contributed by atoms with van der Waals surface area (Å²) in [6, 6.07) is 22.5. The molecule has 0 aliphatic heterocycles. The monoisotopic (exact) mass is 472 g/mol. The number of nitrogens with zero attached hydrogens (tertiary/aromatic N) is 1. The predicted molar refractivity (Wildman–Crippen MR) is 118 cm³/mol. The molecule has 0 bridgehead atoms. The van der Waals surface area contributed by atoms with Gasteiger partial charge in [-0.3, -0.25) is 9.52 Å². The summed E-state index contributed by atoms with van der Waals surface area (Å²) in [7, 11) is -1.94. The normalized spacial score (nSPS) is 12.2. The summed E-state index contributed by atoms with van der Waals surface area (Å²) in [6.45, 7) is 1.97. The Balaban J connectivity index is 1.72. The van der Waals surface area contributed by atoms with E-state index in [-0.39, 0.29) is 16.8 Å². The standard InChI is InChI=1S/C22H21BrN2O3S/c1-16(17-6-4-3-5-7-17)25(2)22(26)18-8-12-20(13-9-18)24-29(27,28)21-14-10-19(23)11-15-21/h3-16,24H,1-2H3. The molecule has 0 heterocycles. The van der Waals surface area contributed by atoms with E-state index in [2.05, 4.69) is 20.7 Å². The fourth-order valence-corrected chi connectivity index (χ4v) is 4.17. The molecule has 150 valence electrons. The van der Waals surface area contributed by atoms with Crippen molar-refractivity contribution in [3.8, 4) is 0 Å². The Kier molecular flexibility index (Phi) is 6.39. The SMILES string of the molecule is CC(c1ccccc1)N(C)C(=O)c1ccc(NS(=O)(=O)c2ccc(Br)cc2)cc1. The number of hydrogen-bond acceptors (Lipinski definition) is 3. The first-order valence-corrected chi connectivity index (χ1v) is 11.3. The molecule has 3 rings (SSSR count). The fourth-order valence-electron chi connectivity index (χ4n) is 2.84. The zero-order valence-corrected chi connectivity index (χ0v) is 18.4. The molecule has 5 nitrogen and oxygen atoms in total. The van der Waals surface area contributed by atoms with E-state index in [1.54, 1.807) is 48.3 Å². The number of amides is 1. The van der Waals surface area contributed by atoms with Gasteiger partial charge < -0.3 is 4.90 Å². The van der Waals surface area contributed by atoms with Crippen LogP contribution in [0.5, 0.6) is 0 Å². The van der Waals surface area contributed by atoms with Crippen LogP contribution < -0.4 is 4.72 Å². The maximum atomic E-state index is 12.8. The fraction of sp³-hybridized carbons (Fsp3) is 0.136. The Labute approximate surface area is 179 Å². The summed E-state index contributed by atoms with van der Waals surface area (Å²) in [5, 5.41) is 0. The second-order valence-corrected chi connectivity index (χ2v) is 9.24. The van der Waals surface area contributed by atoms with Crippen LogP contribution >= 0.6 is 15.9 Å². The summed E-state index contributed by atoms with van der Waals surface area (Å²) in [4.78, 5) is 14.6. The van der Waals surface area contributed by atoms with Gasteiger partial charge in [-0.15, -0.1) is 0 Å². The van der Waals surface area contributed by atoms with Crippen LogP contribution in [0.3, 0.4) is 0 Å². The largest absolute Gasteiger partial charge is 0.335 e. The average molecular weight is 473 g/mol. The summed E-state index contributed by atoms with van der Waals surface area (Å²) in [6.07, 6.45) is 0. The van der Waals surface area contributed by atoms with E-state index >= 15 is 0 Å². The minimum Gasteiger partial charge on any atom is -0.335 e. The van der Waals surface area contributed by atoms with Crippen molar-refractivity contribution in [2.75, 3.05) is 11.8 Å². The minimum atomic E-state index is -3.70. The lowest BCUT2D eigenvalue weighted by Gasteiger charge is -2.25. The van der Waals surface area contributed by atoms with Crippen molar-refractivity contribution in [1.29, 1.82) is 0 Å². The quantitative estimate of drug-likeness (QED) is 0.543. The molecule has 0 saturated heterocycles. The highest BCUT2D eigenvalue weighted by atomic mass is 79.9. The molecular weight excluding hydrogens is 452 g/mol. The highest BCUT2D eigenvalue weighted by molar-refractivity contribution is 9.10. The second-order valence-electron chi connectivity index (χ2n) is 6.64. The molecule has 1 atom stereocenters. The first-order chi connectivity index (χ1) is 13.8. The number of hydrogen-bond donors (Lipinski definition) is 1. The number of carbonyl (C=O) groups excluding carboxylic acids is 1. The van der Waals surface area contributed by atoms with Gasteiger partial charge in [0.25, 0.3) is 15.9 Å². The number of carbonyl (C=O) groups is 1. The van der Waals surface area contributed by atoms with E-state index in [0.717, 1.165) is 10.0 Å². The van der Waals surface area contributed by atoms with Crippen LogP contribution in [0.2, 0.25) is 0 Å². The highest BCUT2D eigenvalue weighted by Crippen LogP contribution is 2.22. The lowest BCUT2D eigenvalue weighted by atomic mass is 10.1. The molecule has 1 amide bonds. The molecule has 29 heavy (non-hydrogen) atoms. The van der Waals surface area contributed by atoms with Gasteiger partial charge in [0.2, 0.25) is 0 Å². The van der Waals surface area contributed by atoms with Crippen LogP contribution in [-0.4, -0.2) is 26.3 Å². The van der Waals surface area contributed by atoms with Crippen molar-refractivity contribution >= 4 is 37.5 Å². The second kappa shape index (κ2) is 8.80. The van der Waals surface area contributed by atoms with Crippen LogP contribution in [0, 0.1) is 0 Å². The van der Waals surface area contributed by atoms with Gasteiger partial charge in [-0.25, -0.2) is 8.42 Å². The van der Waals surface area contributed by atoms with Gasteiger partial charge in [-0.1, -0.05) is 46.3 Å². The Morgan fingerprint density at radius 3 is 2.10 bits per heavy atom. The van der Waals surface area contributed by atoms with Crippen LogP contribution in [0.15, 0.2) is 88.2 Å². The first kappa shape index (κ1) is 21.1. The molecule has 0 spiro atoms. The molecule has 0 aliphatic carbocycles. The van der Waals surface area contributed by atoms with Crippen molar-refractivity contribution in [3.05, 3.63) is 94.5 Å². The molecule has 0 fully saturated rings. The topological polar surface area (TPSA) is 66.5 Å². The number of anilines is 1. The highest BCUT2D eigenvalue weighted by Gasteiger charge is 2.19. The van der Waals surface area contributed by atoms with Crippen molar-refractivity contribution in [2.45, 2.75) is 17.9 Å². The molecule has 0 radical (unpaired) electrons. The van der Waals surface area contributed by atoms with E-state index in [1.165, 1.54) is 12.1 Å². The summed E-state index contributed by atoms with van der Waals surface area (Å²) >= 11 is 3.29. The third-order valence-electron chi connectivity index (χ3n) is 4.69. The van der Waals surface area contributed by atoms with Crippen molar-refractivity contribution < 1.29 is 13.2 Å². The summed E-state index contributed by atoms with van der Waals surface area (Å²) < 4.78 is 28.3. The lowest BCUT2D eigenvalue weighted by Crippen LogP contribution is -2.29. The molecule has 1 unspecified atom stereocenters. The number of nitrogens with one attached hydrogen (secondary N) is 1. The van der Waals surface area contributed by atoms with Gasteiger partial charge >= 0.3 is 0 Å². The number of rotatable bonds is 6. The van der Waals surface area contributed by atoms with Crippen LogP contribution in [0.25, 0.3) is 0 Å². The Morgan fingerprint density at radius 2 is 1.52 bits per heavy atom. The predicted octanol–water partition coefficient (Wildman–Crippen LogP) is 5.08. The summed E-state index contributed by atoms with van der Waals surface area (Å²) in [5.74, 6) is -0.135. The minimum absolute atomic E-state index is 0.0840. The van der Waals surface area contributed by atoms with Crippen LogP contribution in [-0.2, 0) is 10.0 Å². The first-order valence-electron chi connectivity index (χ1n) is 8.98. The zero-order valence-electron chi connectivity index (χ0n) is 16.0. The Bertz CT molecular complexity index is 1080. The maximum absolute atomic E-state index is 12.8. The molecule has 0 aliphatic rings. The van der Waals surface area contributed by atoms with Crippen molar-refractivity contribution in [1.82, 2.24) is 4.90 Å². The van der Waals surface area contributed by atoms with Gasteiger partial charge in [-0.05, 0) is 61.0 Å². The molecule has 3 aromatic rings. The van der Waals surface area contributed by atoms with E-state index < -0.39 is 10.0 Å². The average Bonchev–Trinajstić information content (AvgIpc) is 2.73. The third-order valence-corrected chi connectivity index (χ3v) is 6.62. The van der Waals surface area contributed by atoms with E-state index in [9.17, 15) is 13.2 Å². The van der Waals surface area contributed by atoms with Gasteiger partial charge in [-0.2, -0.15) is 0 Å². The lowest BCUT2D eigenvalue weighted by molar-refractivity contribution is 0.0742. The van der Waals surface area contributed by atoms with E-state index in [4.69, 9.17) is 0 Å². The van der Waals surface area contributed by atoms with Gasteiger partial charge in [0.1, 0.15) is 0 Å². The smallest absolute Gasteiger partial charge is 0.261 e. The maximum Gasteiger partial charge on any atom is 0.261 e. The van der Waals surface area contributed by atoms with Crippen LogP contribution in [0.1, 0.15) is 28.9 Å². The van der Waals surface area contributed by atoms with Crippen molar-refractivity contribution in [2.24, 2.45) is 0 Å². The molecule has 7 heteroatoms. The van der Waals surface area contributed by atoms with Gasteiger partial charge in [0, 0.05) is 22.8 Å². The Hall–Kier alpha value is -2.64. The Morgan fingerprint density at radius 1 is 0.931 bits per heavy atom. The molecule has 0 saturated carbocycles. The number of sulfonamides is 1. The molecular formula is C22H21BrN2O3S. The molecule has 0 aromatic heterocycles. The van der Waals surface area contributed by atoms with Gasteiger partial charge in [0.15, 0.2) is 0 Å². The van der Waals surface area contributed by atoms with E-state index in [1.807, 2.05) is 37.3 Å². The summed E-state index contributed by atoms with van der Waals surface area (Å²) in [5.41, 5.74) is 1.92. The molecule has 3 aromatic carbocycles. The number of halogens is 1. The van der Waals surface area contributed by atoms with Gasteiger partial charge in [0.05, 0.1) is 10.9 Å².